The molecule has 84 valence electrons. The Bertz CT molecular complexity index is 475. The Morgan fingerprint density at radius 1 is 1.44 bits per heavy atom. The standard InChI is InChI=1S/C9H9BrClN5/c10-6-3-1-2-5(15-6)9(11)4-14-8(13)16-7(9)12/h1-4,8H,13H2,(H2,12,16). The minimum absolute atomic E-state index is 0.197. The second-order valence-electron chi connectivity index (χ2n) is 3.26. The number of nitrogens with two attached hydrogens (primary N) is 2. The number of aliphatic imine (C=N–C) groups is 2. The summed E-state index contributed by atoms with van der Waals surface area (Å²) in [6.45, 7) is 0. The van der Waals surface area contributed by atoms with E-state index in [9.17, 15) is 0 Å². The highest BCUT2D eigenvalue weighted by Crippen LogP contribution is 2.29. The fraction of sp³-hybridized carbons (Fsp3) is 0.222. The molecule has 0 amide bonds. The Morgan fingerprint density at radius 2 is 2.19 bits per heavy atom. The molecule has 2 unspecified atom stereocenters. The molecule has 0 spiro atoms. The maximum Gasteiger partial charge on any atom is 0.192 e. The first-order valence-corrected chi connectivity index (χ1v) is 5.65. The molecule has 0 radical (unpaired) electrons. The summed E-state index contributed by atoms with van der Waals surface area (Å²) < 4.78 is 0.668. The Labute approximate surface area is 106 Å². The lowest BCUT2D eigenvalue weighted by molar-refractivity contribution is 0.725. The van der Waals surface area contributed by atoms with Crippen LogP contribution in [-0.2, 0) is 4.87 Å². The summed E-state index contributed by atoms with van der Waals surface area (Å²) in [6.07, 6.45) is 0.787. The number of rotatable bonds is 1. The molecular weight excluding hydrogens is 293 g/mol. The van der Waals surface area contributed by atoms with Crippen molar-refractivity contribution in [2.75, 3.05) is 0 Å². The van der Waals surface area contributed by atoms with Gasteiger partial charge in [0.05, 0.1) is 5.69 Å². The monoisotopic (exact) mass is 301 g/mol. The quantitative estimate of drug-likeness (QED) is 0.598. The summed E-state index contributed by atoms with van der Waals surface area (Å²) in [6, 6.07) is 5.36. The van der Waals surface area contributed by atoms with E-state index in [-0.39, 0.29) is 5.84 Å². The van der Waals surface area contributed by atoms with E-state index in [1.54, 1.807) is 12.1 Å². The van der Waals surface area contributed by atoms with Crippen molar-refractivity contribution < 1.29 is 0 Å². The lowest BCUT2D eigenvalue weighted by Gasteiger charge is -2.25. The van der Waals surface area contributed by atoms with Gasteiger partial charge in [0.1, 0.15) is 10.4 Å². The van der Waals surface area contributed by atoms with Crippen molar-refractivity contribution in [3.05, 3.63) is 28.5 Å². The highest BCUT2D eigenvalue weighted by atomic mass is 79.9. The molecule has 16 heavy (non-hydrogen) atoms. The molecule has 2 atom stereocenters. The molecule has 1 aromatic rings. The van der Waals surface area contributed by atoms with Crippen LogP contribution in [0.15, 0.2) is 32.8 Å². The molecule has 4 N–H and O–H groups in total. The molecule has 0 saturated carbocycles. The van der Waals surface area contributed by atoms with Crippen LogP contribution in [0.5, 0.6) is 0 Å². The predicted molar refractivity (Wildman–Crippen MR) is 67.6 cm³/mol. The molecule has 0 saturated heterocycles. The van der Waals surface area contributed by atoms with Crippen LogP contribution in [0.2, 0.25) is 0 Å². The molecular formula is C9H9BrClN5. The normalized spacial score (nSPS) is 28.9. The van der Waals surface area contributed by atoms with Gasteiger partial charge in [0.2, 0.25) is 0 Å². The summed E-state index contributed by atoms with van der Waals surface area (Å²) in [5, 5.41) is 0. The van der Waals surface area contributed by atoms with Crippen molar-refractivity contribution in [1.82, 2.24) is 4.98 Å². The Kier molecular flexibility index (Phi) is 2.96. The molecule has 1 aliphatic heterocycles. The first-order valence-electron chi connectivity index (χ1n) is 4.48. The molecule has 0 bridgehead atoms. The van der Waals surface area contributed by atoms with Crippen LogP contribution >= 0.6 is 27.5 Å². The van der Waals surface area contributed by atoms with Crippen LogP contribution in [0.3, 0.4) is 0 Å². The van der Waals surface area contributed by atoms with E-state index in [2.05, 4.69) is 30.9 Å². The third-order valence-electron chi connectivity index (χ3n) is 2.14. The lowest BCUT2D eigenvalue weighted by Crippen LogP contribution is -2.43. The molecule has 0 fully saturated rings. The average Bonchev–Trinajstić information content (AvgIpc) is 2.24. The van der Waals surface area contributed by atoms with Gasteiger partial charge in [0.25, 0.3) is 0 Å². The number of halogens is 2. The molecule has 2 heterocycles. The third-order valence-corrected chi connectivity index (χ3v) is 3.06. The van der Waals surface area contributed by atoms with Crippen molar-refractivity contribution in [2.24, 2.45) is 21.5 Å². The minimum atomic E-state index is -1.11. The topological polar surface area (TPSA) is 89.6 Å². The Morgan fingerprint density at radius 3 is 2.81 bits per heavy atom. The maximum absolute atomic E-state index is 6.34. The average molecular weight is 303 g/mol. The number of aromatic nitrogens is 1. The van der Waals surface area contributed by atoms with Gasteiger partial charge in [-0.3, -0.25) is 10.7 Å². The molecule has 5 nitrogen and oxygen atoms in total. The van der Waals surface area contributed by atoms with Crippen LogP contribution in [-0.4, -0.2) is 23.3 Å². The van der Waals surface area contributed by atoms with Crippen LogP contribution < -0.4 is 11.5 Å². The first-order chi connectivity index (χ1) is 7.52. The maximum atomic E-state index is 6.34. The number of hydrogen-bond acceptors (Lipinski definition) is 5. The van der Waals surface area contributed by atoms with Gasteiger partial charge in [-0.25, -0.2) is 9.98 Å². The fourth-order valence-corrected chi connectivity index (χ4v) is 1.88. The molecule has 2 rings (SSSR count). The Balaban J connectivity index is 2.47. The van der Waals surface area contributed by atoms with Gasteiger partial charge in [-0.2, -0.15) is 0 Å². The number of amidine groups is 1. The summed E-state index contributed by atoms with van der Waals surface area (Å²) in [4.78, 5) is 11.0. The van der Waals surface area contributed by atoms with Crippen molar-refractivity contribution >= 4 is 39.6 Å². The highest BCUT2D eigenvalue weighted by molar-refractivity contribution is 9.10. The second kappa shape index (κ2) is 4.12. The van der Waals surface area contributed by atoms with Crippen molar-refractivity contribution in [2.45, 2.75) is 11.2 Å². The van der Waals surface area contributed by atoms with E-state index < -0.39 is 11.2 Å². The van der Waals surface area contributed by atoms with E-state index in [0.717, 1.165) is 0 Å². The van der Waals surface area contributed by atoms with Crippen LogP contribution in [0.25, 0.3) is 0 Å². The van der Waals surface area contributed by atoms with E-state index in [0.29, 0.717) is 10.3 Å². The fourth-order valence-electron chi connectivity index (χ4n) is 1.32. The summed E-state index contributed by atoms with van der Waals surface area (Å²) >= 11 is 9.61. The van der Waals surface area contributed by atoms with Gasteiger partial charge in [-0.15, -0.1) is 0 Å². The molecule has 7 heteroatoms. The van der Waals surface area contributed by atoms with Crippen molar-refractivity contribution in [1.29, 1.82) is 0 Å². The van der Waals surface area contributed by atoms with Crippen LogP contribution in [0.4, 0.5) is 0 Å². The molecule has 0 aliphatic carbocycles. The van der Waals surface area contributed by atoms with Gasteiger partial charge in [-0.05, 0) is 28.1 Å². The number of pyridine rings is 1. The third kappa shape index (κ3) is 1.95. The van der Waals surface area contributed by atoms with Crippen molar-refractivity contribution in [3.8, 4) is 0 Å². The van der Waals surface area contributed by atoms with Gasteiger partial charge < -0.3 is 5.73 Å². The highest BCUT2D eigenvalue weighted by Gasteiger charge is 2.36. The zero-order valence-corrected chi connectivity index (χ0v) is 10.5. The molecule has 1 aliphatic rings. The summed E-state index contributed by atoms with van der Waals surface area (Å²) in [7, 11) is 0. The number of nitrogens with zero attached hydrogens (tertiary/aromatic N) is 3. The van der Waals surface area contributed by atoms with Gasteiger partial charge >= 0.3 is 0 Å². The van der Waals surface area contributed by atoms with Gasteiger partial charge in [0.15, 0.2) is 11.2 Å². The zero-order chi connectivity index (χ0) is 11.8. The predicted octanol–water partition coefficient (Wildman–Crippen LogP) is 0.962. The van der Waals surface area contributed by atoms with Gasteiger partial charge in [-0.1, -0.05) is 17.7 Å². The number of alkyl halides is 1. The smallest absolute Gasteiger partial charge is 0.192 e. The van der Waals surface area contributed by atoms with Gasteiger partial charge in [0, 0.05) is 6.21 Å². The van der Waals surface area contributed by atoms with Crippen molar-refractivity contribution in [3.63, 3.8) is 0 Å². The first kappa shape index (κ1) is 11.5. The van der Waals surface area contributed by atoms with E-state index in [4.69, 9.17) is 23.1 Å². The van der Waals surface area contributed by atoms with Crippen LogP contribution in [0.1, 0.15) is 5.69 Å². The molecule has 0 aromatic carbocycles. The summed E-state index contributed by atoms with van der Waals surface area (Å²) in [5.41, 5.74) is 11.8. The largest absolute Gasteiger partial charge is 0.385 e. The van der Waals surface area contributed by atoms with E-state index >= 15 is 0 Å². The van der Waals surface area contributed by atoms with E-state index in [1.807, 2.05) is 6.07 Å². The number of hydrogen-bond donors (Lipinski definition) is 2. The minimum Gasteiger partial charge on any atom is -0.385 e. The lowest BCUT2D eigenvalue weighted by atomic mass is 10.0. The van der Waals surface area contributed by atoms with Crippen LogP contribution in [0, 0.1) is 0 Å². The molecule has 1 aromatic heterocycles. The SMILES string of the molecule is NC1=NC(N)N=CC1(Cl)c1cccc(Br)n1. The summed E-state index contributed by atoms with van der Waals surface area (Å²) in [5.74, 6) is 0.197. The Hall–Kier alpha value is -0.980. The second-order valence-corrected chi connectivity index (χ2v) is 4.67. The zero-order valence-electron chi connectivity index (χ0n) is 8.14. The van der Waals surface area contributed by atoms with E-state index in [1.165, 1.54) is 6.21 Å².